The largest absolute Gasteiger partial charge is 0.444 e. The topological polar surface area (TPSA) is 50.4 Å². The highest BCUT2D eigenvalue weighted by Gasteiger charge is 2.19. The Morgan fingerprint density at radius 3 is 2.61 bits per heavy atom. The van der Waals surface area contributed by atoms with E-state index in [0.717, 1.165) is 37.1 Å². The maximum Gasteiger partial charge on any atom is 0.407 e. The zero-order valence-electron chi connectivity index (χ0n) is 13.9. The van der Waals surface area contributed by atoms with Crippen molar-refractivity contribution in [3.63, 3.8) is 0 Å². The van der Waals surface area contributed by atoms with Crippen molar-refractivity contribution in [1.82, 2.24) is 10.6 Å². The van der Waals surface area contributed by atoms with Crippen molar-refractivity contribution in [2.24, 2.45) is 0 Å². The number of halogens is 2. The minimum atomic E-state index is -0.521. The third-order valence-corrected chi connectivity index (χ3v) is 3.68. The number of amides is 1. The van der Waals surface area contributed by atoms with Crippen LogP contribution in [0.25, 0.3) is 0 Å². The number of rotatable bonds is 3. The van der Waals surface area contributed by atoms with Crippen LogP contribution in [0.2, 0.25) is 0 Å². The highest BCUT2D eigenvalue weighted by molar-refractivity contribution is 5.85. The summed E-state index contributed by atoms with van der Waals surface area (Å²) in [7, 11) is 0. The summed E-state index contributed by atoms with van der Waals surface area (Å²) in [5.41, 5.74) is 1.12. The first kappa shape index (κ1) is 19.7. The fraction of sp³-hybridized carbons (Fsp3) is 0.588. The van der Waals surface area contributed by atoms with E-state index < -0.39 is 11.7 Å². The van der Waals surface area contributed by atoms with Crippen molar-refractivity contribution in [2.45, 2.75) is 51.7 Å². The molecule has 0 atom stereocenters. The molecule has 1 aromatic carbocycles. The van der Waals surface area contributed by atoms with Crippen molar-refractivity contribution >= 4 is 18.5 Å². The average molecular weight is 345 g/mol. The third kappa shape index (κ3) is 6.36. The molecular weight excluding hydrogens is 319 g/mol. The molecule has 1 aliphatic rings. The molecule has 2 N–H and O–H groups in total. The van der Waals surface area contributed by atoms with Crippen molar-refractivity contribution in [3.05, 3.63) is 35.1 Å². The molecule has 1 fully saturated rings. The van der Waals surface area contributed by atoms with E-state index in [2.05, 4.69) is 10.6 Å². The fourth-order valence-corrected chi connectivity index (χ4v) is 2.64. The molecule has 0 aromatic heterocycles. The van der Waals surface area contributed by atoms with Crippen LogP contribution in [0, 0.1) is 5.82 Å². The lowest BCUT2D eigenvalue weighted by Crippen LogP contribution is -2.32. The molecule has 1 amide bonds. The van der Waals surface area contributed by atoms with E-state index in [1.165, 1.54) is 6.07 Å². The van der Waals surface area contributed by atoms with Gasteiger partial charge in [-0.1, -0.05) is 12.1 Å². The van der Waals surface area contributed by atoms with Crippen LogP contribution in [0.3, 0.4) is 0 Å². The number of hydrogen-bond acceptors (Lipinski definition) is 3. The monoisotopic (exact) mass is 344 g/mol. The van der Waals surface area contributed by atoms with Gasteiger partial charge in [0.2, 0.25) is 0 Å². The lowest BCUT2D eigenvalue weighted by atomic mass is 9.89. The van der Waals surface area contributed by atoms with Crippen LogP contribution < -0.4 is 10.6 Å². The second-order valence-electron chi connectivity index (χ2n) is 6.74. The number of carbonyl (C=O) groups excluding carboxylic acids is 1. The second-order valence-corrected chi connectivity index (χ2v) is 6.74. The van der Waals surface area contributed by atoms with E-state index in [4.69, 9.17) is 4.74 Å². The summed E-state index contributed by atoms with van der Waals surface area (Å²) < 4.78 is 19.2. The quantitative estimate of drug-likeness (QED) is 0.878. The van der Waals surface area contributed by atoms with Crippen LogP contribution in [0.15, 0.2) is 18.2 Å². The summed E-state index contributed by atoms with van der Waals surface area (Å²) in [5.74, 6) is 0.0932. The Hall–Kier alpha value is -1.33. The molecule has 1 saturated heterocycles. The first-order chi connectivity index (χ1) is 10.3. The maximum absolute atomic E-state index is 14.0. The highest BCUT2D eigenvalue weighted by atomic mass is 35.5. The summed E-state index contributed by atoms with van der Waals surface area (Å²) in [6.45, 7) is 7.64. The summed E-state index contributed by atoms with van der Waals surface area (Å²) in [6, 6.07) is 5.06. The number of benzene rings is 1. The van der Waals surface area contributed by atoms with Gasteiger partial charge in [-0.2, -0.15) is 0 Å². The third-order valence-electron chi connectivity index (χ3n) is 3.68. The lowest BCUT2D eigenvalue weighted by molar-refractivity contribution is 0.0523. The van der Waals surface area contributed by atoms with Gasteiger partial charge in [0.1, 0.15) is 11.4 Å². The molecule has 0 spiro atoms. The van der Waals surface area contributed by atoms with Crippen molar-refractivity contribution in [2.75, 3.05) is 13.1 Å². The predicted molar refractivity (Wildman–Crippen MR) is 91.6 cm³/mol. The number of piperidine rings is 1. The van der Waals surface area contributed by atoms with Gasteiger partial charge in [-0.25, -0.2) is 9.18 Å². The Morgan fingerprint density at radius 1 is 1.35 bits per heavy atom. The number of hydrogen-bond donors (Lipinski definition) is 2. The van der Waals surface area contributed by atoms with E-state index in [9.17, 15) is 9.18 Å². The van der Waals surface area contributed by atoms with Crippen LogP contribution in [-0.4, -0.2) is 24.8 Å². The van der Waals surface area contributed by atoms with Gasteiger partial charge in [0.05, 0.1) is 0 Å². The normalized spacial score (nSPS) is 15.7. The Labute approximate surface area is 143 Å². The van der Waals surface area contributed by atoms with Gasteiger partial charge in [0, 0.05) is 6.54 Å². The molecule has 1 heterocycles. The standard InChI is InChI=1S/C17H25FN2O2.ClH/c1-17(2,3)22-16(21)20-11-12-4-5-15(18)14(10-12)13-6-8-19-9-7-13;/h4-5,10,13,19H,6-9,11H2,1-3H3,(H,20,21);1H. The summed E-state index contributed by atoms with van der Waals surface area (Å²) in [5, 5.41) is 5.99. The number of carbonyl (C=O) groups is 1. The average Bonchev–Trinajstić information content (AvgIpc) is 2.45. The van der Waals surface area contributed by atoms with E-state index in [0.29, 0.717) is 6.54 Å². The smallest absolute Gasteiger partial charge is 0.407 e. The summed E-state index contributed by atoms with van der Waals surface area (Å²) in [6.07, 6.45) is 1.43. The van der Waals surface area contributed by atoms with E-state index >= 15 is 0 Å². The fourth-order valence-electron chi connectivity index (χ4n) is 2.64. The molecule has 1 aromatic rings. The van der Waals surface area contributed by atoms with Crippen molar-refractivity contribution < 1.29 is 13.9 Å². The molecular formula is C17H26ClFN2O2. The minimum absolute atomic E-state index is 0. The number of nitrogens with one attached hydrogen (secondary N) is 2. The molecule has 0 aliphatic carbocycles. The molecule has 6 heteroatoms. The van der Waals surface area contributed by atoms with Gasteiger partial charge in [0.15, 0.2) is 0 Å². The van der Waals surface area contributed by atoms with Crippen LogP contribution in [0.1, 0.15) is 50.7 Å². The molecule has 1 aliphatic heterocycles. The molecule has 0 radical (unpaired) electrons. The SMILES string of the molecule is CC(C)(C)OC(=O)NCc1ccc(F)c(C2CCNCC2)c1.Cl. The molecule has 130 valence electrons. The number of alkyl carbamates (subject to hydrolysis) is 1. The molecule has 4 nitrogen and oxygen atoms in total. The molecule has 23 heavy (non-hydrogen) atoms. The molecule has 0 unspecified atom stereocenters. The van der Waals surface area contributed by atoms with Gasteiger partial charge in [-0.15, -0.1) is 12.4 Å². The van der Waals surface area contributed by atoms with E-state index in [-0.39, 0.29) is 24.1 Å². The van der Waals surface area contributed by atoms with E-state index in [1.54, 1.807) is 6.07 Å². The summed E-state index contributed by atoms with van der Waals surface area (Å²) in [4.78, 5) is 11.7. The zero-order valence-corrected chi connectivity index (χ0v) is 14.8. The van der Waals surface area contributed by atoms with Gasteiger partial charge >= 0.3 is 6.09 Å². The molecule has 0 saturated carbocycles. The first-order valence-corrected chi connectivity index (χ1v) is 7.81. The maximum atomic E-state index is 14.0. The second kappa shape index (κ2) is 8.50. The van der Waals surface area contributed by atoms with Gasteiger partial charge in [-0.3, -0.25) is 0 Å². The van der Waals surface area contributed by atoms with Crippen molar-refractivity contribution in [1.29, 1.82) is 0 Å². The Balaban J connectivity index is 0.00000264. The predicted octanol–water partition coefficient (Wildman–Crippen LogP) is 3.74. The minimum Gasteiger partial charge on any atom is -0.444 e. The number of ether oxygens (including phenoxy) is 1. The van der Waals surface area contributed by atoms with Gasteiger partial charge < -0.3 is 15.4 Å². The summed E-state index contributed by atoms with van der Waals surface area (Å²) >= 11 is 0. The van der Waals surface area contributed by atoms with Gasteiger partial charge in [-0.05, 0) is 69.8 Å². The zero-order chi connectivity index (χ0) is 16.2. The van der Waals surface area contributed by atoms with Crippen molar-refractivity contribution in [3.8, 4) is 0 Å². The van der Waals surface area contributed by atoms with Crippen LogP contribution in [0.5, 0.6) is 0 Å². The van der Waals surface area contributed by atoms with Gasteiger partial charge in [0.25, 0.3) is 0 Å². The first-order valence-electron chi connectivity index (χ1n) is 7.81. The Bertz CT molecular complexity index is 526. The Kier molecular flexibility index (Phi) is 7.29. The highest BCUT2D eigenvalue weighted by Crippen LogP contribution is 2.28. The lowest BCUT2D eigenvalue weighted by Gasteiger charge is -2.24. The molecule has 0 bridgehead atoms. The van der Waals surface area contributed by atoms with Crippen LogP contribution in [0.4, 0.5) is 9.18 Å². The van der Waals surface area contributed by atoms with Crippen LogP contribution in [-0.2, 0) is 11.3 Å². The van der Waals surface area contributed by atoms with Crippen LogP contribution >= 0.6 is 12.4 Å². The Morgan fingerprint density at radius 2 is 2.00 bits per heavy atom. The molecule has 2 rings (SSSR count). The van der Waals surface area contributed by atoms with E-state index in [1.807, 2.05) is 26.8 Å².